The van der Waals surface area contributed by atoms with Gasteiger partial charge < -0.3 is 15.4 Å². The molecule has 0 unspecified atom stereocenters. The van der Waals surface area contributed by atoms with Crippen molar-refractivity contribution in [2.45, 2.75) is 64.4 Å². The molecule has 2 N–H and O–H groups in total. The van der Waals surface area contributed by atoms with E-state index >= 15 is 0 Å². The van der Waals surface area contributed by atoms with Crippen molar-refractivity contribution in [2.75, 3.05) is 45.6 Å². The van der Waals surface area contributed by atoms with Crippen molar-refractivity contribution in [3.05, 3.63) is 0 Å². The van der Waals surface area contributed by atoms with Gasteiger partial charge in [0, 0.05) is 32.7 Å². The Morgan fingerprint density at radius 2 is 1.71 bits per heavy atom. The third-order valence-corrected chi connectivity index (χ3v) is 6.75. The van der Waals surface area contributed by atoms with Gasteiger partial charge >= 0.3 is 0 Å². The van der Waals surface area contributed by atoms with E-state index in [2.05, 4.69) is 17.6 Å². The van der Waals surface area contributed by atoms with Crippen LogP contribution in [0.3, 0.4) is 0 Å². The molecule has 2 fully saturated rings. The Morgan fingerprint density at radius 3 is 2.29 bits per heavy atom. The van der Waals surface area contributed by atoms with E-state index < -0.39 is 10.0 Å². The molecule has 0 radical (unpaired) electrons. The number of nitrogens with one attached hydrogen (secondary N) is 2. The van der Waals surface area contributed by atoms with Gasteiger partial charge in [-0.1, -0.05) is 25.7 Å². The molecule has 0 amide bonds. The molecule has 0 spiro atoms. The Hall–Kier alpha value is -0.130. The third kappa shape index (κ3) is 10.1. The van der Waals surface area contributed by atoms with Gasteiger partial charge in [0.2, 0.25) is 10.0 Å². The highest BCUT2D eigenvalue weighted by Gasteiger charge is 2.24. The van der Waals surface area contributed by atoms with Crippen LogP contribution in [0.25, 0.3) is 0 Å². The summed E-state index contributed by atoms with van der Waals surface area (Å²) >= 11 is 0. The molecule has 166 valence electrons. The summed E-state index contributed by atoms with van der Waals surface area (Å²) in [6, 6.07) is 0. The van der Waals surface area contributed by atoms with E-state index in [4.69, 9.17) is 9.73 Å². The SMILES string of the molecule is CCNC(=NCC1CCN(S(C)(=O)=O)CC1)NCCOC1CCCCCC1.I. The topological polar surface area (TPSA) is 83.0 Å². The van der Waals surface area contributed by atoms with Crippen LogP contribution in [0.5, 0.6) is 0 Å². The highest BCUT2D eigenvalue weighted by atomic mass is 127. The van der Waals surface area contributed by atoms with Crippen LogP contribution in [0.1, 0.15) is 58.3 Å². The minimum atomic E-state index is -3.06. The van der Waals surface area contributed by atoms with E-state index in [0.29, 0.717) is 31.7 Å². The molecule has 28 heavy (non-hydrogen) atoms. The summed E-state index contributed by atoms with van der Waals surface area (Å²) in [6.45, 7) is 6.30. The average Bonchev–Trinajstić information content (AvgIpc) is 2.91. The summed E-state index contributed by atoms with van der Waals surface area (Å²) < 4.78 is 30.8. The maximum atomic E-state index is 11.6. The first-order valence-electron chi connectivity index (χ1n) is 10.6. The van der Waals surface area contributed by atoms with E-state index in [1.807, 2.05) is 0 Å². The van der Waals surface area contributed by atoms with Crippen molar-refractivity contribution in [2.24, 2.45) is 10.9 Å². The quantitative estimate of drug-likeness (QED) is 0.166. The number of rotatable bonds is 8. The number of nitrogens with zero attached hydrogens (tertiary/aromatic N) is 2. The number of hydrogen-bond acceptors (Lipinski definition) is 4. The predicted molar refractivity (Wildman–Crippen MR) is 126 cm³/mol. The highest BCUT2D eigenvalue weighted by Crippen LogP contribution is 2.20. The summed E-state index contributed by atoms with van der Waals surface area (Å²) in [6.07, 6.45) is 11.1. The van der Waals surface area contributed by atoms with Gasteiger partial charge in [-0.3, -0.25) is 4.99 Å². The normalized spacial score (nSPS) is 21.0. The standard InChI is InChI=1S/C19H38N4O3S.HI/c1-3-20-19(21-12-15-26-18-8-6-4-5-7-9-18)22-16-17-10-13-23(14-11-17)27(2,24)25;/h17-18H,3-16H2,1-2H3,(H2,20,21,22);1H. The zero-order valence-electron chi connectivity index (χ0n) is 17.5. The van der Waals surface area contributed by atoms with Crippen LogP contribution in [0.4, 0.5) is 0 Å². The van der Waals surface area contributed by atoms with Gasteiger partial charge in [-0.15, -0.1) is 24.0 Å². The first kappa shape index (κ1) is 25.9. The molecule has 1 aliphatic heterocycles. The van der Waals surface area contributed by atoms with Crippen molar-refractivity contribution >= 4 is 40.0 Å². The van der Waals surface area contributed by atoms with Crippen molar-refractivity contribution < 1.29 is 13.2 Å². The number of ether oxygens (including phenoxy) is 1. The molecule has 1 aliphatic carbocycles. The Bertz CT molecular complexity index is 543. The van der Waals surface area contributed by atoms with Crippen LogP contribution >= 0.6 is 24.0 Å². The Kier molecular flexibility index (Phi) is 12.9. The first-order chi connectivity index (χ1) is 13.0. The molecule has 2 rings (SSSR count). The number of aliphatic imine (C=N–C) groups is 1. The van der Waals surface area contributed by atoms with E-state index in [1.165, 1.54) is 44.8 Å². The fraction of sp³-hybridized carbons (Fsp3) is 0.947. The van der Waals surface area contributed by atoms with Crippen LogP contribution in [-0.2, 0) is 14.8 Å². The number of halogens is 1. The molecule has 0 aromatic carbocycles. The van der Waals surface area contributed by atoms with Crippen molar-refractivity contribution in [1.29, 1.82) is 0 Å². The third-order valence-electron chi connectivity index (χ3n) is 5.44. The van der Waals surface area contributed by atoms with Crippen LogP contribution in [0.2, 0.25) is 0 Å². The second-order valence-electron chi connectivity index (χ2n) is 7.74. The summed E-state index contributed by atoms with van der Waals surface area (Å²) in [5.41, 5.74) is 0. The molecular weight excluding hydrogens is 491 g/mol. The molecule has 2 aliphatic rings. The minimum absolute atomic E-state index is 0. The van der Waals surface area contributed by atoms with Gasteiger partial charge in [-0.25, -0.2) is 12.7 Å². The van der Waals surface area contributed by atoms with E-state index in [0.717, 1.165) is 38.4 Å². The summed E-state index contributed by atoms with van der Waals surface area (Å²) in [7, 11) is -3.06. The fourth-order valence-electron chi connectivity index (χ4n) is 3.79. The lowest BCUT2D eigenvalue weighted by Gasteiger charge is -2.29. The largest absolute Gasteiger partial charge is 0.376 e. The maximum Gasteiger partial charge on any atom is 0.211 e. The Labute approximate surface area is 188 Å². The number of guanidine groups is 1. The van der Waals surface area contributed by atoms with Crippen molar-refractivity contribution in [1.82, 2.24) is 14.9 Å². The van der Waals surface area contributed by atoms with Crippen LogP contribution < -0.4 is 10.6 Å². The second kappa shape index (κ2) is 14.0. The van der Waals surface area contributed by atoms with E-state index in [9.17, 15) is 8.42 Å². The number of piperidine rings is 1. The van der Waals surface area contributed by atoms with Crippen molar-refractivity contribution in [3.8, 4) is 0 Å². The maximum absolute atomic E-state index is 11.6. The second-order valence-corrected chi connectivity index (χ2v) is 9.72. The van der Waals surface area contributed by atoms with Crippen molar-refractivity contribution in [3.63, 3.8) is 0 Å². The van der Waals surface area contributed by atoms with Gasteiger partial charge in [-0.2, -0.15) is 0 Å². The smallest absolute Gasteiger partial charge is 0.211 e. The van der Waals surface area contributed by atoms with Gasteiger partial charge in [0.25, 0.3) is 0 Å². The lowest BCUT2D eigenvalue weighted by Crippen LogP contribution is -2.41. The van der Waals surface area contributed by atoms with Gasteiger partial charge in [0.15, 0.2) is 5.96 Å². The number of hydrogen-bond donors (Lipinski definition) is 2. The minimum Gasteiger partial charge on any atom is -0.376 e. The highest BCUT2D eigenvalue weighted by molar-refractivity contribution is 14.0. The van der Waals surface area contributed by atoms with E-state index in [-0.39, 0.29) is 24.0 Å². The Morgan fingerprint density at radius 1 is 1.07 bits per heavy atom. The molecule has 0 aromatic heterocycles. The lowest BCUT2D eigenvalue weighted by atomic mass is 9.98. The van der Waals surface area contributed by atoms with Crippen LogP contribution in [-0.4, -0.2) is 70.4 Å². The van der Waals surface area contributed by atoms with E-state index in [1.54, 1.807) is 4.31 Å². The van der Waals surface area contributed by atoms with Gasteiger partial charge in [0.1, 0.15) is 0 Å². The van der Waals surface area contributed by atoms with Gasteiger partial charge in [-0.05, 0) is 38.5 Å². The van der Waals surface area contributed by atoms with Gasteiger partial charge in [0.05, 0.1) is 19.0 Å². The molecule has 9 heteroatoms. The molecule has 0 aromatic rings. The molecule has 1 saturated heterocycles. The monoisotopic (exact) mass is 530 g/mol. The molecule has 7 nitrogen and oxygen atoms in total. The predicted octanol–water partition coefficient (Wildman–Crippen LogP) is 2.57. The zero-order chi connectivity index (χ0) is 19.5. The molecule has 0 atom stereocenters. The summed E-state index contributed by atoms with van der Waals surface area (Å²) in [5.74, 6) is 1.27. The molecule has 1 heterocycles. The molecular formula is C19H39IN4O3S. The van der Waals surface area contributed by atoms with Crippen LogP contribution in [0, 0.1) is 5.92 Å². The summed E-state index contributed by atoms with van der Waals surface area (Å²) in [5, 5.41) is 6.64. The lowest BCUT2D eigenvalue weighted by molar-refractivity contribution is 0.0468. The number of sulfonamides is 1. The average molecular weight is 531 g/mol. The summed E-state index contributed by atoms with van der Waals surface area (Å²) in [4.78, 5) is 4.69. The van der Waals surface area contributed by atoms with Crippen LogP contribution in [0.15, 0.2) is 4.99 Å². The Balaban J connectivity index is 0.00000392. The fourth-order valence-corrected chi connectivity index (χ4v) is 4.66. The molecule has 0 bridgehead atoms. The zero-order valence-corrected chi connectivity index (χ0v) is 20.6. The first-order valence-corrected chi connectivity index (χ1v) is 12.4. The molecule has 1 saturated carbocycles.